The average Bonchev–Trinajstić information content (AvgIpc) is 2.82. The molecule has 3 aromatic carbocycles. The minimum Gasteiger partial charge on any atom is -0.482 e. The Morgan fingerprint density at radius 3 is 2.59 bits per heavy atom. The number of halogens is 2. The fourth-order valence-corrected chi connectivity index (χ4v) is 3.56. The van der Waals surface area contributed by atoms with E-state index in [1.54, 1.807) is 12.1 Å². The van der Waals surface area contributed by atoms with Gasteiger partial charge in [-0.15, -0.1) is 0 Å². The lowest BCUT2D eigenvalue weighted by Crippen LogP contribution is -2.34. The molecule has 0 radical (unpaired) electrons. The summed E-state index contributed by atoms with van der Waals surface area (Å²) in [7, 11) is 0. The first-order valence-electron chi connectivity index (χ1n) is 9.79. The van der Waals surface area contributed by atoms with Gasteiger partial charge in [0.2, 0.25) is 11.6 Å². The zero-order chi connectivity index (χ0) is 24.1. The molecule has 10 nitrogen and oxygen atoms in total. The Bertz CT molecular complexity index is 1380. The van der Waals surface area contributed by atoms with Crippen molar-refractivity contribution in [3.63, 3.8) is 0 Å². The van der Waals surface area contributed by atoms with Crippen LogP contribution in [0.4, 0.5) is 23.0 Å². The summed E-state index contributed by atoms with van der Waals surface area (Å²) in [6, 6.07) is 17.7. The van der Waals surface area contributed by atoms with E-state index in [2.05, 4.69) is 26.1 Å². The summed E-state index contributed by atoms with van der Waals surface area (Å²) in [5.74, 6) is -0.615. The Kier molecular flexibility index (Phi) is 6.90. The number of nitrogens with one attached hydrogen (secondary N) is 3. The van der Waals surface area contributed by atoms with Crippen molar-refractivity contribution >= 4 is 62.9 Å². The fourth-order valence-electron chi connectivity index (χ4n) is 3.10. The van der Waals surface area contributed by atoms with Gasteiger partial charge in [-0.3, -0.25) is 25.8 Å². The maximum atomic E-state index is 12.2. The van der Waals surface area contributed by atoms with Crippen molar-refractivity contribution in [1.82, 2.24) is 15.4 Å². The normalized spacial score (nSPS) is 10.5. The number of hydrazine groups is 1. The first-order valence-corrected chi connectivity index (χ1v) is 10.5. The van der Waals surface area contributed by atoms with Gasteiger partial charge >= 0.3 is 5.69 Å². The van der Waals surface area contributed by atoms with Crippen LogP contribution in [0.5, 0.6) is 5.75 Å². The van der Waals surface area contributed by atoms with Gasteiger partial charge in [0.15, 0.2) is 6.61 Å². The number of carbonyl (C=O) groups excluding carboxylic acids is 1. The van der Waals surface area contributed by atoms with Crippen molar-refractivity contribution in [3.8, 4) is 5.75 Å². The number of hydrogen-bond acceptors (Lipinski definition) is 8. The minimum absolute atomic E-state index is 0.0442. The lowest BCUT2D eigenvalue weighted by Gasteiger charge is -2.12. The highest BCUT2D eigenvalue weighted by atomic mass is 35.5. The fraction of sp³-hybridized carbons (Fsp3) is 0.0455. The maximum Gasteiger partial charge on any atom is 0.355 e. The Balaban J connectivity index is 1.48. The van der Waals surface area contributed by atoms with E-state index in [-0.39, 0.29) is 22.4 Å². The molecule has 12 heteroatoms. The van der Waals surface area contributed by atoms with Gasteiger partial charge in [0.05, 0.1) is 9.95 Å². The topological polar surface area (TPSA) is 131 Å². The number of amides is 1. The van der Waals surface area contributed by atoms with E-state index in [1.807, 2.05) is 36.4 Å². The van der Waals surface area contributed by atoms with E-state index in [0.29, 0.717) is 10.7 Å². The molecule has 0 spiro atoms. The van der Waals surface area contributed by atoms with Crippen LogP contribution in [-0.2, 0) is 4.79 Å². The number of carbonyl (C=O) groups is 1. The van der Waals surface area contributed by atoms with Gasteiger partial charge in [0.1, 0.15) is 12.1 Å². The van der Waals surface area contributed by atoms with Crippen molar-refractivity contribution in [1.29, 1.82) is 0 Å². The van der Waals surface area contributed by atoms with Crippen LogP contribution in [0.15, 0.2) is 67.0 Å². The monoisotopic (exact) mass is 498 g/mol. The van der Waals surface area contributed by atoms with E-state index in [9.17, 15) is 14.9 Å². The molecule has 0 atom stereocenters. The lowest BCUT2D eigenvalue weighted by molar-refractivity contribution is -0.383. The first kappa shape index (κ1) is 23.0. The minimum atomic E-state index is -0.647. The summed E-state index contributed by atoms with van der Waals surface area (Å²) in [6.07, 6.45) is 1.14. The molecule has 4 rings (SSSR count). The molecule has 3 N–H and O–H groups in total. The predicted molar refractivity (Wildman–Crippen MR) is 130 cm³/mol. The van der Waals surface area contributed by atoms with Crippen LogP contribution in [-0.4, -0.2) is 27.4 Å². The molecule has 172 valence electrons. The molecule has 34 heavy (non-hydrogen) atoms. The third-order valence-electron chi connectivity index (χ3n) is 4.62. The number of hydrogen-bond donors (Lipinski definition) is 3. The number of benzene rings is 3. The van der Waals surface area contributed by atoms with Crippen LogP contribution in [0.1, 0.15) is 0 Å². The number of ether oxygens (including phenoxy) is 1. The largest absolute Gasteiger partial charge is 0.482 e. The molecule has 0 aliphatic heterocycles. The van der Waals surface area contributed by atoms with Gasteiger partial charge in [-0.05, 0) is 29.7 Å². The molecule has 0 bridgehead atoms. The summed E-state index contributed by atoms with van der Waals surface area (Å²) in [4.78, 5) is 31.2. The van der Waals surface area contributed by atoms with Gasteiger partial charge < -0.3 is 10.1 Å². The summed E-state index contributed by atoms with van der Waals surface area (Å²) in [5, 5.41) is 17.3. The molecule has 0 unspecified atom stereocenters. The Morgan fingerprint density at radius 2 is 1.79 bits per heavy atom. The van der Waals surface area contributed by atoms with Gasteiger partial charge in [0, 0.05) is 16.1 Å². The highest BCUT2D eigenvalue weighted by Gasteiger charge is 2.24. The van der Waals surface area contributed by atoms with Crippen molar-refractivity contribution in [2.24, 2.45) is 0 Å². The van der Waals surface area contributed by atoms with Gasteiger partial charge in [-0.2, -0.15) is 0 Å². The van der Waals surface area contributed by atoms with E-state index < -0.39 is 23.1 Å². The standard InChI is InChI=1S/C22H16Cl2N6O4/c23-14-8-9-18(16(24)10-14)34-11-19(31)28-29-22-20(30(32)33)21(25-12-26-22)27-17-7-3-5-13-4-1-2-6-15(13)17/h1-10,12H,11H2,(H,28,31)(H2,25,26,27,29). The van der Waals surface area contributed by atoms with Gasteiger partial charge in [0.25, 0.3) is 5.91 Å². The van der Waals surface area contributed by atoms with Crippen LogP contribution in [0, 0.1) is 10.1 Å². The zero-order valence-electron chi connectivity index (χ0n) is 17.3. The molecule has 0 saturated heterocycles. The third-order valence-corrected chi connectivity index (χ3v) is 5.15. The van der Waals surface area contributed by atoms with Crippen molar-refractivity contribution < 1.29 is 14.5 Å². The second-order valence-corrected chi connectivity index (χ2v) is 7.71. The molecule has 0 saturated carbocycles. The molecule has 1 aromatic heterocycles. The van der Waals surface area contributed by atoms with Crippen molar-refractivity contribution in [2.75, 3.05) is 17.3 Å². The molecular weight excluding hydrogens is 483 g/mol. The van der Waals surface area contributed by atoms with E-state index in [4.69, 9.17) is 27.9 Å². The van der Waals surface area contributed by atoms with Crippen LogP contribution < -0.4 is 20.9 Å². The predicted octanol–water partition coefficient (Wildman–Crippen LogP) is 5.11. The third kappa shape index (κ3) is 5.25. The number of aromatic nitrogens is 2. The first-order chi connectivity index (χ1) is 16.4. The van der Waals surface area contributed by atoms with Crippen LogP contribution in [0.25, 0.3) is 10.8 Å². The van der Waals surface area contributed by atoms with Gasteiger partial charge in [-0.1, -0.05) is 59.6 Å². The molecule has 1 amide bonds. The Hall–Kier alpha value is -4.15. The maximum absolute atomic E-state index is 12.2. The molecule has 4 aromatic rings. The highest BCUT2D eigenvalue weighted by Crippen LogP contribution is 2.33. The number of anilines is 3. The second-order valence-electron chi connectivity index (χ2n) is 6.86. The molecular formula is C22H16Cl2N6O4. The van der Waals surface area contributed by atoms with Crippen molar-refractivity contribution in [2.45, 2.75) is 0 Å². The van der Waals surface area contributed by atoms with Gasteiger partial charge in [-0.25, -0.2) is 9.97 Å². The number of rotatable bonds is 8. The zero-order valence-corrected chi connectivity index (χ0v) is 18.8. The van der Waals surface area contributed by atoms with Crippen molar-refractivity contribution in [3.05, 3.63) is 87.2 Å². The molecule has 0 aliphatic carbocycles. The summed E-state index contributed by atoms with van der Waals surface area (Å²) in [6.45, 7) is -0.408. The summed E-state index contributed by atoms with van der Waals surface area (Å²) in [5.41, 5.74) is 4.94. The molecule has 0 aliphatic rings. The molecule has 1 heterocycles. The van der Waals surface area contributed by atoms with Crippen LogP contribution >= 0.6 is 23.2 Å². The van der Waals surface area contributed by atoms with E-state index in [0.717, 1.165) is 17.1 Å². The number of nitro groups is 1. The molecule has 0 fully saturated rings. The SMILES string of the molecule is O=C(COc1ccc(Cl)cc1Cl)NNc1ncnc(Nc2cccc3ccccc23)c1[N+](=O)[O-]. The van der Waals surface area contributed by atoms with E-state index in [1.165, 1.54) is 12.1 Å². The second kappa shape index (κ2) is 10.2. The van der Waals surface area contributed by atoms with Crippen LogP contribution in [0.2, 0.25) is 10.0 Å². The van der Waals surface area contributed by atoms with E-state index >= 15 is 0 Å². The Labute approximate surface area is 203 Å². The quantitative estimate of drug-likeness (QED) is 0.225. The average molecular weight is 499 g/mol. The number of fused-ring (bicyclic) bond motifs is 1. The summed E-state index contributed by atoms with van der Waals surface area (Å²) < 4.78 is 5.34. The smallest absolute Gasteiger partial charge is 0.355 e. The highest BCUT2D eigenvalue weighted by molar-refractivity contribution is 6.35. The lowest BCUT2D eigenvalue weighted by atomic mass is 10.1. The number of nitrogens with zero attached hydrogens (tertiary/aromatic N) is 3. The summed E-state index contributed by atoms with van der Waals surface area (Å²) >= 11 is 11.8. The van der Waals surface area contributed by atoms with Crippen LogP contribution in [0.3, 0.4) is 0 Å². The Morgan fingerprint density at radius 1 is 1.03 bits per heavy atom.